The first kappa shape index (κ1) is 12.7. The van der Waals surface area contributed by atoms with Crippen LogP contribution in [-0.2, 0) is 11.3 Å². The highest BCUT2D eigenvalue weighted by atomic mass is 16.5. The summed E-state index contributed by atoms with van der Waals surface area (Å²) in [6.07, 6.45) is 0. The predicted molar refractivity (Wildman–Crippen MR) is 64.4 cm³/mol. The lowest BCUT2D eigenvalue weighted by molar-refractivity contribution is 0.0773. The molecule has 0 fully saturated rings. The van der Waals surface area contributed by atoms with Crippen LogP contribution in [0.2, 0.25) is 0 Å². The molecular weight excluding hydrogens is 202 g/mol. The van der Waals surface area contributed by atoms with Gasteiger partial charge in [0.15, 0.2) is 0 Å². The molecule has 0 radical (unpaired) electrons. The summed E-state index contributed by atoms with van der Waals surface area (Å²) in [4.78, 5) is 13.8. The molecule has 0 saturated carbocycles. The second-order valence-electron chi connectivity index (χ2n) is 3.61. The summed E-state index contributed by atoms with van der Waals surface area (Å²) >= 11 is 0. The number of hydrogen-bond donors (Lipinski definition) is 0. The van der Waals surface area contributed by atoms with Crippen LogP contribution in [-0.4, -0.2) is 31.0 Å². The van der Waals surface area contributed by atoms with E-state index in [0.29, 0.717) is 6.61 Å². The minimum absolute atomic E-state index is 0.0916. The third-order valence-electron chi connectivity index (χ3n) is 2.56. The molecule has 88 valence electrons. The number of methoxy groups -OCH3 is 1. The zero-order valence-electron chi connectivity index (χ0n) is 10.2. The Morgan fingerprint density at radius 1 is 1.19 bits per heavy atom. The van der Waals surface area contributed by atoms with E-state index in [0.717, 1.165) is 24.2 Å². The van der Waals surface area contributed by atoms with Gasteiger partial charge in [0.05, 0.1) is 6.61 Å². The molecule has 0 saturated heterocycles. The number of ether oxygens (including phenoxy) is 1. The van der Waals surface area contributed by atoms with Gasteiger partial charge in [-0.3, -0.25) is 4.79 Å². The van der Waals surface area contributed by atoms with Crippen molar-refractivity contribution in [2.45, 2.75) is 20.5 Å². The van der Waals surface area contributed by atoms with Crippen LogP contribution in [0.4, 0.5) is 0 Å². The van der Waals surface area contributed by atoms with Gasteiger partial charge in [-0.25, -0.2) is 0 Å². The van der Waals surface area contributed by atoms with Crippen LogP contribution in [0, 0.1) is 0 Å². The summed E-state index contributed by atoms with van der Waals surface area (Å²) in [5.41, 5.74) is 1.82. The summed E-state index contributed by atoms with van der Waals surface area (Å²) in [7, 11) is 1.66. The molecule has 1 rings (SSSR count). The number of hydrogen-bond acceptors (Lipinski definition) is 2. The summed E-state index contributed by atoms with van der Waals surface area (Å²) in [5.74, 6) is 0.0916. The van der Waals surface area contributed by atoms with Crippen molar-refractivity contribution in [3.63, 3.8) is 0 Å². The van der Waals surface area contributed by atoms with E-state index in [2.05, 4.69) is 0 Å². The molecule has 3 heteroatoms. The minimum atomic E-state index is 0.0916. The van der Waals surface area contributed by atoms with Crippen LogP contribution in [0.15, 0.2) is 24.3 Å². The van der Waals surface area contributed by atoms with E-state index in [1.807, 2.05) is 43.0 Å². The highest BCUT2D eigenvalue weighted by molar-refractivity contribution is 5.94. The van der Waals surface area contributed by atoms with Gasteiger partial charge in [-0.05, 0) is 31.5 Å². The lowest BCUT2D eigenvalue weighted by Crippen LogP contribution is -2.30. The molecule has 0 heterocycles. The zero-order valence-corrected chi connectivity index (χ0v) is 10.2. The molecule has 1 amide bonds. The number of carbonyl (C=O) groups is 1. The largest absolute Gasteiger partial charge is 0.380 e. The molecule has 0 atom stereocenters. The van der Waals surface area contributed by atoms with Crippen molar-refractivity contribution in [1.29, 1.82) is 0 Å². The Balaban J connectivity index is 2.76. The Kier molecular flexibility index (Phi) is 4.99. The molecule has 1 aromatic carbocycles. The number of benzene rings is 1. The molecule has 0 aliphatic heterocycles. The first-order valence-electron chi connectivity index (χ1n) is 5.60. The third kappa shape index (κ3) is 3.07. The summed E-state index contributed by atoms with van der Waals surface area (Å²) in [6, 6.07) is 7.57. The third-order valence-corrected chi connectivity index (χ3v) is 2.56. The molecule has 1 aromatic rings. The second-order valence-corrected chi connectivity index (χ2v) is 3.61. The van der Waals surface area contributed by atoms with Gasteiger partial charge in [0, 0.05) is 25.8 Å². The van der Waals surface area contributed by atoms with Crippen molar-refractivity contribution >= 4 is 5.91 Å². The molecule has 0 aromatic heterocycles. The topological polar surface area (TPSA) is 29.5 Å². The van der Waals surface area contributed by atoms with Gasteiger partial charge in [-0.15, -0.1) is 0 Å². The minimum Gasteiger partial charge on any atom is -0.380 e. The maximum absolute atomic E-state index is 12.0. The van der Waals surface area contributed by atoms with Crippen LogP contribution in [0.3, 0.4) is 0 Å². The fourth-order valence-electron chi connectivity index (χ4n) is 1.60. The van der Waals surface area contributed by atoms with Crippen molar-refractivity contribution in [3.8, 4) is 0 Å². The van der Waals surface area contributed by atoms with Crippen LogP contribution in [0.1, 0.15) is 29.8 Å². The predicted octanol–water partition coefficient (Wildman–Crippen LogP) is 2.32. The quantitative estimate of drug-likeness (QED) is 0.763. The smallest absolute Gasteiger partial charge is 0.253 e. The van der Waals surface area contributed by atoms with Gasteiger partial charge < -0.3 is 9.64 Å². The maximum atomic E-state index is 12.0. The second kappa shape index (κ2) is 6.28. The number of carbonyl (C=O) groups excluding carboxylic acids is 1. The van der Waals surface area contributed by atoms with Crippen LogP contribution < -0.4 is 0 Å². The SMILES string of the molecule is CCN(CC)C(=O)c1ccc(COC)cc1. The molecule has 0 unspecified atom stereocenters. The number of nitrogens with zero attached hydrogens (tertiary/aromatic N) is 1. The molecular formula is C13H19NO2. The van der Waals surface area contributed by atoms with Gasteiger partial charge >= 0.3 is 0 Å². The Labute approximate surface area is 97.0 Å². The van der Waals surface area contributed by atoms with Crippen molar-refractivity contribution in [1.82, 2.24) is 4.90 Å². The van der Waals surface area contributed by atoms with E-state index in [9.17, 15) is 4.79 Å². The van der Waals surface area contributed by atoms with Crippen molar-refractivity contribution in [2.24, 2.45) is 0 Å². The summed E-state index contributed by atoms with van der Waals surface area (Å²) in [5, 5.41) is 0. The van der Waals surface area contributed by atoms with Crippen LogP contribution in [0.5, 0.6) is 0 Å². The van der Waals surface area contributed by atoms with E-state index >= 15 is 0 Å². The Hall–Kier alpha value is -1.35. The normalized spacial score (nSPS) is 10.2. The van der Waals surface area contributed by atoms with Gasteiger partial charge in [0.25, 0.3) is 5.91 Å². The summed E-state index contributed by atoms with van der Waals surface area (Å²) < 4.78 is 5.02. The fraction of sp³-hybridized carbons (Fsp3) is 0.462. The monoisotopic (exact) mass is 221 g/mol. The Morgan fingerprint density at radius 3 is 2.19 bits per heavy atom. The summed E-state index contributed by atoms with van der Waals surface area (Å²) in [6.45, 7) is 6.05. The maximum Gasteiger partial charge on any atom is 0.253 e. The van der Waals surface area contributed by atoms with Crippen molar-refractivity contribution in [2.75, 3.05) is 20.2 Å². The molecule has 0 aliphatic carbocycles. The molecule has 0 N–H and O–H groups in total. The van der Waals surface area contributed by atoms with Crippen molar-refractivity contribution in [3.05, 3.63) is 35.4 Å². The van der Waals surface area contributed by atoms with Gasteiger partial charge in [-0.2, -0.15) is 0 Å². The van der Waals surface area contributed by atoms with E-state index in [4.69, 9.17) is 4.74 Å². The van der Waals surface area contributed by atoms with E-state index in [1.54, 1.807) is 7.11 Å². The van der Waals surface area contributed by atoms with Crippen LogP contribution in [0.25, 0.3) is 0 Å². The van der Waals surface area contributed by atoms with Gasteiger partial charge in [0.1, 0.15) is 0 Å². The van der Waals surface area contributed by atoms with E-state index in [-0.39, 0.29) is 5.91 Å². The highest BCUT2D eigenvalue weighted by Crippen LogP contribution is 2.08. The average molecular weight is 221 g/mol. The Morgan fingerprint density at radius 2 is 1.75 bits per heavy atom. The Bertz CT molecular complexity index is 328. The number of rotatable bonds is 5. The first-order valence-corrected chi connectivity index (χ1v) is 5.60. The zero-order chi connectivity index (χ0) is 12.0. The average Bonchev–Trinajstić information content (AvgIpc) is 2.32. The standard InChI is InChI=1S/C13H19NO2/c1-4-14(5-2)13(15)12-8-6-11(7-9-12)10-16-3/h6-9H,4-5,10H2,1-3H3. The van der Waals surface area contributed by atoms with Gasteiger partial charge in [0.2, 0.25) is 0 Å². The molecule has 0 spiro atoms. The lowest BCUT2D eigenvalue weighted by Gasteiger charge is -2.18. The number of amides is 1. The molecule has 16 heavy (non-hydrogen) atoms. The van der Waals surface area contributed by atoms with Crippen molar-refractivity contribution < 1.29 is 9.53 Å². The van der Waals surface area contributed by atoms with E-state index in [1.165, 1.54) is 0 Å². The fourth-order valence-corrected chi connectivity index (χ4v) is 1.60. The molecule has 3 nitrogen and oxygen atoms in total. The van der Waals surface area contributed by atoms with Gasteiger partial charge in [-0.1, -0.05) is 12.1 Å². The molecule has 0 aliphatic rings. The van der Waals surface area contributed by atoms with Crippen LogP contribution >= 0.6 is 0 Å². The van der Waals surface area contributed by atoms with E-state index < -0.39 is 0 Å². The molecule has 0 bridgehead atoms. The lowest BCUT2D eigenvalue weighted by atomic mass is 10.1. The first-order chi connectivity index (χ1) is 7.72. The highest BCUT2D eigenvalue weighted by Gasteiger charge is 2.11.